The van der Waals surface area contributed by atoms with Gasteiger partial charge in [0.05, 0.1) is 0 Å². The predicted molar refractivity (Wildman–Crippen MR) is 92.6 cm³/mol. The second-order valence-corrected chi connectivity index (χ2v) is 6.09. The van der Waals surface area contributed by atoms with Gasteiger partial charge in [-0.3, -0.25) is 4.79 Å². The Morgan fingerprint density at radius 1 is 0.955 bits per heavy atom. The number of unbranched alkanes of at least 4 members (excludes halogenated alkanes) is 1. The van der Waals surface area contributed by atoms with Crippen molar-refractivity contribution in [1.29, 1.82) is 0 Å². The van der Waals surface area contributed by atoms with Crippen molar-refractivity contribution >= 4 is 29.1 Å². The molecule has 0 N–H and O–H groups in total. The van der Waals surface area contributed by atoms with Crippen LogP contribution in [0.3, 0.4) is 0 Å². The van der Waals surface area contributed by atoms with Gasteiger partial charge in [0.2, 0.25) is 0 Å². The summed E-state index contributed by atoms with van der Waals surface area (Å²) in [5, 5.41) is 1.34. The highest BCUT2D eigenvalue weighted by molar-refractivity contribution is 6.30. The number of carbonyl (C=O) groups excluding carboxylic acids is 1. The molecule has 0 aliphatic rings. The second-order valence-electron chi connectivity index (χ2n) is 5.21. The smallest absolute Gasteiger partial charge is 0.254 e. The molecule has 22 heavy (non-hydrogen) atoms. The fourth-order valence-corrected chi connectivity index (χ4v) is 2.44. The van der Waals surface area contributed by atoms with E-state index in [1.807, 2.05) is 29.2 Å². The zero-order valence-corrected chi connectivity index (χ0v) is 14.1. The van der Waals surface area contributed by atoms with Crippen molar-refractivity contribution in [2.24, 2.45) is 0 Å². The molecule has 0 aliphatic heterocycles. The fraction of sp³-hybridized carbons (Fsp3) is 0.278. The van der Waals surface area contributed by atoms with Crippen molar-refractivity contribution in [3.8, 4) is 0 Å². The second kappa shape index (κ2) is 8.21. The third-order valence-corrected chi connectivity index (χ3v) is 3.95. The number of halogens is 2. The zero-order chi connectivity index (χ0) is 15.9. The van der Waals surface area contributed by atoms with Crippen LogP contribution in [0.2, 0.25) is 10.0 Å². The van der Waals surface area contributed by atoms with Crippen LogP contribution in [0, 0.1) is 0 Å². The molecule has 2 nitrogen and oxygen atoms in total. The molecule has 0 aromatic heterocycles. The Kier molecular flexibility index (Phi) is 6.29. The summed E-state index contributed by atoms with van der Waals surface area (Å²) in [6.45, 7) is 3.44. The SMILES string of the molecule is CCCCN(Cc1ccc(Cl)cc1)C(=O)c1ccc(Cl)cc1. The van der Waals surface area contributed by atoms with Gasteiger partial charge in [0.15, 0.2) is 0 Å². The first-order chi connectivity index (χ1) is 10.6. The third-order valence-electron chi connectivity index (χ3n) is 3.45. The van der Waals surface area contributed by atoms with Gasteiger partial charge in [-0.05, 0) is 48.4 Å². The maximum absolute atomic E-state index is 12.7. The zero-order valence-electron chi connectivity index (χ0n) is 12.6. The Morgan fingerprint density at radius 2 is 1.50 bits per heavy atom. The third kappa shape index (κ3) is 4.75. The Balaban J connectivity index is 2.15. The van der Waals surface area contributed by atoms with Gasteiger partial charge < -0.3 is 4.90 Å². The average Bonchev–Trinajstić information content (AvgIpc) is 2.53. The van der Waals surface area contributed by atoms with E-state index in [1.54, 1.807) is 24.3 Å². The number of benzene rings is 2. The lowest BCUT2D eigenvalue weighted by atomic mass is 10.1. The van der Waals surface area contributed by atoms with E-state index in [4.69, 9.17) is 23.2 Å². The lowest BCUT2D eigenvalue weighted by molar-refractivity contribution is 0.0741. The molecule has 0 unspecified atom stereocenters. The number of amides is 1. The van der Waals surface area contributed by atoms with E-state index in [1.165, 1.54) is 0 Å². The standard InChI is InChI=1S/C18H19Cl2NO/c1-2-3-12-21(13-14-4-8-16(19)9-5-14)18(22)15-6-10-17(20)11-7-15/h4-11H,2-3,12-13H2,1H3. The van der Waals surface area contributed by atoms with Gasteiger partial charge in [-0.1, -0.05) is 48.7 Å². The van der Waals surface area contributed by atoms with E-state index in [0.717, 1.165) is 24.9 Å². The summed E-state index contributed by atoms with van der Waals surface area (Å²) in [4.78, 5) is 14.6. The number of rotatable bonds is 6. The molecule has 0 saturated carbocycles. The molecule has 116 valence electrons. The van der Waals surface area contributed by atoms with Crippen LogP contribution < -0.4 is 0 Å². The first kappa shape index (κ1) is 16.9. The minimum atomic E-state index is 0.0278. The predicted octanol–water partition coefficient (Wildman–Crippen LogP) is 5.44. The summed E-state index contributed by atoms with van der Waals surface area (Å²) < 4.78 is 0. The van der Waals surface area contributed by atoms with Gasteiger partial charge in [0.25, 0.3) is 5.91 Å². The van der Waals surface area contributed by atoms with E-state index < -0.39 is 0 Å². The molecule has 0 fully saturated rings. The summed E-state index contributed by atoms with van der Waals surface area (Å²) in [5.41, 5.74) is 1.73. The molecule has 0 bridgehead atoms. The fourth-order valence-electron chi connectivity index (χ4n) is 2.19. The molecule has 2 aromatic rings. The van der Waals surface area contributed by atoms with Crippen molar-refractivity contribution in [3.05, 3.63) is 69.7 Å². The van der Waals surface area contributed by atoms with Crippen LogP contribution in [0.25, 0.3) is 0 Å². The van der Waals surface area contributed by atoms with Crippen LogP contribution >= 0.6 is 23.2 Å². The summed E-state index contributed by atoms with van der Waals surface area (Å²) in [6.07, 6.45) is 2.03. The summed E-state index contributed by atoms with van der Waals surface area (Å²) in [6, 6.07) is 14.6. The topological polar surface area (TPSA) is 20.3 Å². The molecule has 0 aliphatic carbocycles. The lowest BCUT2D eigenvalue weighted by Gasteiger charge is -2.23. The largest absolute Gasteiger partial charge is 0.334 e. The van der Waals surface area contributed by atoms with Crippen molar-refractivity contribution in [3.63, 3.8) is 0 Å². The van der Waals surface area contributed by atoms with Gasteiger partial charge >= 0.3 is 0 Å². The maximum atomic E-state index is 12.7. The highest BCUT2D eigenvalue weighted by Gasteiger charge is 2.15. The van der Waals surface area contributed by atoms with Crippen LogP contribution in [0.4, 0.5) is 0 Å². The van der Waals surface area contributed by atoms with Gasteiger partial charge in [0.1, 0.15) is 0 Å². The van der Waals surface area contributed by atoms with Crippen molar-refractivity contribution < 1.29 is 4.79 Å². The van der Waals surface area contributed by atoms with Crippen LogP contribution in [-0.2, 0) is 6.54 Å². The van der Waals surface area contributed by atoms with Crippen molar-refractivity contribution in [2.75, 3.05) is 6.54 Å². The molecule has 2 aromatic carbocycles. The Bertz CT molecular complexity index is 608. The molecule has 2 rings (SSSR count). The number of hydrogen-bond acceptors (Lipinski definition) is 1. The van der Waals surface area contributed by atoms with E-state index >= 15 is 0 Å². The number of nitrogens with zero attached hydrogens (tertiary/aromatic N) is 1. The van der Waals surface area contributed by atoms with Crippen LogP contribution in [0.15, 0.2) is 48.5 Å². The normalized spacial score (nSPS) is 10.5. The maximum Gasteiger partial charge on any atom is 0.254 e. The minimum absolute atomic E-state index is 0.0278. The molecule has 0 spiro atoms. The van der Waals surface area contributed by atoms with Crippen LogP contribution in [0.5, 0.6) is 0 Å². The highest BCUT2D eigenvalue weighted by atomic mass is 35.5. The molecule has 0 atom stereocenters. The van der Waals surface area contributed by atoms with E-state index in [-0.39, 0.29) is 5.91 Å². The molecule has 1 amide bonds. The van der Waals surface area contributed by atoms with E-state index in [9.17, 15) is 4.79 Å². The summed E-state index contributed by atoms with van der Waals surface area (Å²) >= 11 is 11.8. The first-order valence-corrected chi connectivity index (χ1v) is 8.15. The average molecular weight is 336 g/mol. The Hall–Kier alpha value is -1.51. The number of hydrogen-bond donors (Lipinski definition) is 0. The molecule has 0 radical (unpaired) electrons. The number of carbonyl (C=O) groups is 1. The first-order valence-electron chi connectivity index (χ1n) is 7.39. The lowest BCUT2D eigenvalue weighted by Crippen LogP contribution is -2.31. The van der Waals surface area contributed by atoms with Gasteiger partial charge in [-0.2, -0.15) is 0 Å². The van der Waals surface area contributed by atoms with E-state index in [2.05, 4.69) is 6.92 Å². The van der Waals surface area contributed by atoms with E-state index in [0.29, 0.717) is 22.2 Å². The Labute approximate surface area is 141 Å². The molecule has 0 heterocycles. The van der Waals surface area contributed by atoms with Gasteiger partial charge in [0, 0.05) is 28.7 Å². The summed E-state index contributed by atoms with van der Waals surface area (Å²) in [7, 11) is 0. The molecular weight excluding hydrogens is 317 g/mol. The summed E-state index contributed by atoms with van der Waals surface area (Å²) in [5.74, 6) is 0.0278. The van der Waals surface area contributed by atoms with Crippen molar-refractivity contribution in [2.45, 2.75) is 26.3 Å². The van der Waals surface area contributed by atoms with Gasteiger partial charge in [-0.15, -0.1) is 0 Å². The van der Waals surface area contributed by atoms with Gasteiger partial charge in [-0.25, -0.2) is 0 Å². The highest BCUT2D eigenvalue weighted by Crippen LogP contribution is 2.16. The van der Waals surface area contributed by atoms with Crippen LogP contribution in [-0.4, -0.2) is 17.4 Å². The quantitative estimate of drug-likeness (QED) is 0.688. The Morgan fingerprint density at radius 3 is 2.05 bits per heavy atom. The van der Waals surface area contributed by atoms with Crippen LogP contribution in [0.1, 0.15) is 35.7 Å². The molecule has 4 heteroatoms. The minimum Gasteiger partial charge on any atom is -0.334 e. The monoisotopic (exact) mass is 335 g/mol. The molecule has 0 saturated heterocycles. The molecular formula is C18H19Cl2NO. The van der Waals surface area contributed by atoms with Crippen molar-refractivity contribution in [1.82, 2.24) is 4.90 Å².